The fourth-order valence-corrected chi connectivity index (χ4v) is 15.7. The first-order valence-corrected chi connectivity index (χ1v) is 49.5. The van der Waals surface area contributed by atoms with Crippen LogP contribution in [0.2, 0.25) is 0 Å². The number of aromatic hydroxyl groups is 1. The molecule has 146 heavy (non-hydrogen) atoms. The van der Waals surface area contributed by atoms with Gasteiger partial charge in [-0.2, -0.15) is 0 Å². The minimum Gasteiger partial charge on any atom is -0.504 e. The van der Waals surface area contributed by atoms with E-state index in [1.807, 2.05) is 31.2 Å². The molecule has 0 bridgehead atoms. The van der Waals surface area contributed by atoms with Crippen molar-refractivity contribution in [3.05, 3.63) is 328 Å². The van der Waals surface area contributed by atoms with Crippen LogP contribution in [0.1, 0.15) is 232 Å². The molecule has 1 aliphatic rings. The van der Waals surface area contributed by atoms with Gasteiger partial charge < -0.3 is 89.1 Å². The molecule has 11 aromatic rings. The number of carboxylic acid groups (broad SMARTS) is 3. The van der Waals surface area contributed by atoms with Gasteiger partial charge in [0.05, 0.1) is 56.5 Å². The van der Waals surface area contributed by atoms with E-state index in [0.29, 0.717) is 134 Å². The molecule has 11 aromatic carbocycles. The Balaban J connectivity index is 0.000000224. The molecule has 0 saturated carbocycles. The number of ether oxygens (including phenoxy) is 7. The van der Waals surface area contributed by atoms with Crippen LogP contribution < -0.4 is 49.1 Å². The number of unbranched alkanes of at least 4 members (excludes halogenated alkanes) is 12. The number of phenolic OH excluding ortho intramolecular Hbond substituents is 1. The molecule has 1 saturated heterocycles. The smallest absolute Gasteiger partial charge is 0.343 e. The molecule has 0 spiro atoms. The highest BCUT2D eigenvalue weighted by atomic mass is 16.5. The van der Waals surface area contributed by atoms with Crippen molar-refractivity contribution in [1.29, 1.82) is 0 Å². The highest BCUT2D eigenvalue weighted by molar-refractivity contribution is 6.00. The fraction of sp³-hybridized carbons (Fsp3) is 0.328. The maximum absolute atomic E-state index is 13.3. The van der Waals surface area contributed by atoms with E-state index in [2.05, 4.69) is 48.7 Å². The zero-order valence-corrected chi connectivity index (χ0v) is 83.7. The second-order valence-corrected chi connectivity index (χ2v) is 35.8. The van der Waals surface area contributed by atoms with Crippen molar-refractivity contribution in [1.82, 2.24) is 19.6 Å². The van der Waals surface area contributed by atoms with Gasteiger partial charge in [-0.15, -0.1) is 0 Å². The molecule has 768 valence electrons. The summed E-state index contributed by atoms with van der Waals surface area (Å²) in [6, 6.07) is 71.3. The number of hydrogen-bond donors (Lipinski definition) is 7. The van der Waals surface area contributed by atoms with Crippen molar-refractivity contribution >= 4 is 88.3 Å². The Morgan fingerprint density at radius 1 is 0.336 bits per heavy atom. The molecule has 0 unspecified atom stereocenters. The number of nitrogens with one attached hydrogen (secondary N) is 3. The molecule has 1 fully saturated rings. The number of methoxy groups -OCH3 is 1. The summed E-state index contributed by atoms with van der Waals surface area (Å²) < 4.78 is 38.8. The number of carbonyl (C=O) groups is 12. The van der Waals surface area contributed by atoms with E-state index in [9.17, 15) is 78.0 Å². The van der Waals surface area contributed by atoms with Gasteiger partial charge in [0.25, 0.3) is 17.7 Å². The number of hydrogen-bond acceptors (Lipinski definition) is 21. The second kappa shape index (κ2) is 59.8. The van der Waals surface area contributed by atoms with E-state index in [1.165, 1.54) is 97.8 Å². The van der Waals surface area contributed by atoms with Crippen molar-refractivity contribution in [2.24, 2.45) is 5.92 Å². The number of aryl methyl sites for hydroxylation is 1. The van der Waals surface area contributed by atoms with Gasteiger partial charge in [0.2, 0.25) is 17.7 Å². The zero-order chi connectivity index (χ0) is 104. The Bertz CT molecular complexity index is 6040. The predicted octanol–water partition coefficient (Wildman–Crippen LogP) is 21.0. The number of aliphatic carboxylic acids is 3. The zero-order valence-electron chi connectivity index (χ0n) is 83.7. The van der Waals surface area contributed by atoms with Crippen LogP contribution in [0.15, 0.2) is 261 Å². The third-order valence-electron chi connectivity index (χ3n) is 23.8. The van der Waals surface area contributed by atoms with Gasteiger partial charge in [-0.1, -0.05) is 170 Å². The van der Waals surface area contributed by atoms with Crippen molar-refractivity contribution < 1.29 is 111 Å². The number of esters is 3. The van der Waals surface area contributed by atoms with Gasteiger partial charge in [0.1, 0.15) is 54.1 Å². The van der Waals surface area contributed by atoms with E-state index < -0.39 is 73.2 Å². The second-order valence-electron chi connectivity index (χ2n) is 35.8. The van der Waals surface area contributed by atoms with Gasteiger partial charge in [-0.25, -0.2) is 14.4 Å². The first kappa shape index (κ1) is 112. The number of benzene rings is 11. The van der Waals surface area contributed by atoms with Crippen LogP contribution >= 0.6 is 0 Å². The maximum Gasteiger partial charge on any atom is 0.343 e. The Morgan fingerprint density at radius 2 is 0.616 bits per heavy atom. The van der Waals surface area contributed by atoms with Gasteiger partial charge in [-0.05, 0) is 287 Å². The third kappa shape index (κ3) is 39.4. The molecule has 12 rings (SSSR count). The molecule has 6 amide bonds. The van der Waals surface area contributed by atoms with Gasteiger partial charge >= 0.3 is 35.8 Å². The predicted molar refractivity (Wildman–Crippen MR) is 557 cm³/mol. The summed E-state index contributed by atoms with van der Waals surface area (Å²) >= 11 is 0. The maximum atomic E-state index is 13.3. The molecule has 0 aromatic heterocycles. The molecular weight excluding hydrogens is 1860 g/mol. The minimum absolute atomic E-state index is 0.00446. The van der Waals surface area contributed by atoms with Crippen LogP contribution in [0.25, 0.3) is 0 Å². The molecule has 0 atom stereocenters. The van der Waals surface area contributed by atoms with E-state index in [-0.39, 0.29) is 67.1 Å². The quantitative estimate of drug-likeness (QED) is 0.0106. The Labute approximate surface area is 852 Å². The Kier molecular flexibility index (Phi) is 45.9. The third-order valence-corrected chi connectivity index (χ3v) is 23.8. The molecule has 30 heteroatoms. The van der Waals surface area contributed by atoms with E-state index in [1.54, 1.807) is 218 Å². The van der Waals surface area contributed by atoms with Crippen LogP contribution in [0.4, 0.5) is 17.1 Å². The van der Waals surface area contributed by atoms with Crippen LogP contribution in [0.3, 0.4) is 0 Å². The standard InChI is InChI=1S/C39H42N2O9.C39H42N2O7.C38H47N3O7/c1-3-4-5-6-7-22-49-32-19-13-30(14-20-32)39(47)50-33-17-8-27(9-18-33)25-41(26-37(44)45)38(46)29-11-15-31(16-12-29)40-36(43)24-28-10-21-35(48-2)34(42)23-28;1-3-4-5-6-7-24-47-34-22-16-32(17-23-34)39(46)48-35-20-12-30(13-21-35)26-41(27-37(43)44)38(45)31-14-18-33(19-15-31)40-36(42)25-29-10-8-28(2)9-11-29;1-3-4-5-6-7-24-47-33-18-12-31(13-19-33)38(46)48-34-16-8-29(9-17-34)26-41(27-36(43)44)37(45)30-10-14-32(15-11-30)39-35(42)25-28-20-22-40(2)23-21-28/h8-21,23,42H,3-7,22,24-26H2,1-2H3,(H,40,43)(H,44,45);8-23H,3-7,24-27H2,1-2H3,(H,40,42)(H,43,44);8-19,28H,3-7,20-27H2,1-2H3,(H,39,42)(H,43,44). The summed E-state index contributed by atoms with van der Waals surface area (Å²) in [5, 5.41) is 46.9. The molecule has 1 heterocycles. The Morgan fingerprint density at radius 3 is 0.918 bits per heavy atom. The first-order chi connectivity index (χ1) is 70.5. The van der Waals surface area contributed by atoms with Crippen LogP contribution in [-0.2, 0) is 61.2 Å². The molecule has 30 nitrogen and oxygen atoms in total. The lowest BCUT2D eigenvalue weighted by Gasteiger charge is -2.28. The number of amides is 6. The van der Waals surface area contributed by atoms with Crippen molar-refractivity contribution in [3.63, 3.8) is 0 Å². The summed E-state index contributed by atoms with van der Waals surface area (Å²) in [6.07, 6.45) is 19.9. The number of carbonyl (C=O) groups excluding carboxylic acids is 9. The number of rotatable bonds is 52. The van der Waals surface area contributed by atoms with Crippen molar-refractivity contribution in [2.45, 2.75) is 176 Å². The van der Waals surface area contributed by atoms with Crippen molar-refractivity contribution in [3.8, 4) is 46.0 Å². The number of anilines is 3. The molecule has 0 radical (unpaired) electrons. The largest absolute Gasteiger partial charge is 0.504 e. The highest BCUT2D eigenvalue weighted by Gasteiger charge is 2.27. The average molecular weight is 1990 g/mol. The van der Waals surface area contributed by atoms with E-state index in [0.717, 1.165) is 75.6 Å². The minimum atomic E-state index is -1.18. The summed E-state index contributed by atoms with van der Waals surface area (Å²) in [5.74, 6) is -3.48. The number of piperidine rings is 1. The summed E-state index contributed by atoms with van der Waals surface area (Å²) in [4.78, 5) is 156. The highest BCUT2D eigenvalue weighted by Crippen LogP contribution is 2.30. The lowest BCUT2D eigenvalue weighted by atomic mass is 9.93. The number of nitrogens with zero attached hydrogens (tertiary/aromatic N) is 4. The SMILES string of the molecule is CCCCCCCOc1ccc(C(=O)Oc2ccc(CN(CC(=O)O)C(=O)c3ccc(NC(=O)CC4CCN(C)CC4)cc3)cc2)cc1.CCCCCCCOc1ccc(C(=O)Oc2ccc(CN(CC(=O)O)C(=O)c3ccc(NC(=O)Cc4ccc(C)cc4)cc3)cc2)cc1.CCCCCCCOc1ccc(C(=O)Oc2ccc(CN(CC(=O)O)C(=O)c3ccc(NC(=O)Cc4ccc(OC)c(O)c4)cc3)cc2)cc1. The normalized spacial score (nSPS) is 11.5. The Hall–Kier alpha value is -16.0. The van der Waals surface area contributed by atoms with Crippen LogP contribution in [-0.4, -0.2) is 178 Å². The monoisotopic (exact) mass is 1990 g/mol. The first-order valence-electron chi connectivity index (χ1n) is 49.5. The topological polar surface area (TPSA) is 399 Å². The fourth-order valence-electron chi connectivity index (χ4n) is 15.7. The molecular formula is C116H131N7O23. The van der Waals surface area contributed by atoms with Gasteiger partial charge in [0, 0.05) is 59.8 Å². The molecule has 1 aliphatic heterocycles. The average Bonchev–Trinajstić information content (AvgIpc) is 0.865. The number of carboxylic acids is 3. The lowest BCUT2D eigenvalue weighted by Crippen LogP contribution is -2.35. The number of phenols is 1. The van der Waals surface area contributed by atoms with E-state index in [4.69, 9.17) is 33.2 Å². The summed E-state index contributed by atoms with van der Waals surface area (Å²) in [5.41, 5.74) is 8.03. The van der Waals surface area contributed by atoms with Gasteiger partial charge in [-0.3, -0.25) is 43.2 Å². The van der Waals surface area contributed by atoms with Crippen molar-refractivity contribution in [2.75, 3.05) is 82.7 Å². The summed E-state index contributed by atoms with van der Waals surface area (Å²) in [7, 11) is 3.52. The lowest BCUT2D eigenvalue weighted by molar-refractivity contribution is -0.138. The van der Waals surface area contributed by atoms with E-state index >= 15 is 0 Å². The summed E-state index contributed by atoms with van der Waals surface area (Å²) in [6.45, 7) is 10.9. The molecule has 7 N–H and O–H groups in total. The molecule has 0 aliphatic carbocycles. The van der Waals surface area contributed by atoms with Gasteiger partial charge in [0.15, 0.2) is 11.5 Å². The van der Waals surface area contributed by atoms with Crippen LogP contribution in [0, 0.1) is 12.8 Å². The number of likely N-dealkylation sites (tertiary alicyclic amines) is 1. The van der Waals surface area contributed by atoms with Crippen LogP contribution in [0.5, 0.6) is 46.0 Å².